The van der Waals surface area contributed by atoms with Crippen LogP contribution < -0.4 is 0 Å². The minimum atomic E-state index is -0.838. The van der Waals surface area contributed by atoms with Crippen molar-refractivity contribution in [3.63, 3.8) is 0 Å². The van der Waals surface area contributed by atoms with Gasteiger partial charge in [-0.05, 0) is 0 Å². The standard InChI is InChI=1S/C13H22N2O5/c1-8(12(18)20-4)5-14(3)13(19)15-6-10(7-15)9(2)11(16)17/h8-10H,5-7H2,1-4H3,(H,16,17). The minimum Gasteiger partial charge on any atom is -0.481 e. The average Bonchev–Trinajstić information content (AvgIpc) is 2.35. The highest BCUT2D eigenvalue weighted by Gasteiger charge is 2.38. The smallest absolute Gasteiger partial charge is 0.319 e. The van der Waals surface area contributed by atoms with Crippen LogP contribution in [-0.4, -0.2) is 66.7 Å². The van der Waals surface area contributed by atoms with Gasteiger partial charge in [0.15, 0.2) is 0 Å². The Hall–Kier alpha value is -1.79. The van der Waals surface area contributed by atoms with Gasteiger partial charge in [0.2, 0.25) is 0 Å². The summed E-state index contributed by atoms with van der Waals surface area (Å²) in [7, 11) is 2.93. The van der Waals surface area contributed by atoms with E-state index in [1.165, 1.54) is 12.0 Å². The summed E-state index contributed by atoms with van der Waals surface area (Å²) >= 11 is 0. The molecule has 1 rings (SSSR count). The Morgan fingerprint density at radius 3 is 2.35 bits per heavy atom. The molecule has 7 nitrogen and oxygen atoms in total. The van der Waals surface area contributed by atoms with Gasteiger partial charge in [-0.3, -0.25) is 9.59 Å². The van der Waals surface area contributed by atoms with E-state index in [1.54, 1.807) is 25.8 Å². The summed E-state index contributed by atoms with van der Waals surface area (Å²) < 4.78 is 4.61. The molecule has 20 heavy (non-hydrogen) atoms. The normalized spacial score (nSPS) is 17.9. The van der Waals surface area contributed by atoms with Crippen molar-refractivity contribution in [3.05, 3.63) is 0 Å². The zero-order chi connectivity index (χ0) is 15.4. The number of carbonyl (C=O) groups excluding carboxylic acids is 2. The lowest BCUT2D eigenvalue weighted by molar-refractivity contribution is -0.146. The molecule has 1 heterocycles. The second kappa shape index (κ2) is 6.58. The van der Waals surface area contributed by atoms with Crippen LogP contribution in [0.15, 0.2) is 0 Å². The summed E-state index contributed by atoms with van der Waals surface area (Å²) in [5.74, 6) is -2.02. The number of methoxy groups -OCH3 is 1. The van der Waals surface area contributed by atoms with Crippen molar-refractivity contribution in [1.82, 2.24) is 9.80 Å². The first-order valence-corrected chi connectivity index (χ1v) is 6.58. The number of carboxylic acid groups (broad SMARTS) is 1. The van der Waals surface area contributed by atoms with Gasteiger partial charge in [0.25, 0.3) is 0 Å². The van der Waals surface area contributed by atoms with Gasteiger partial charge in [-0.25, -0.2) is 4.79 Å². The van der Waals surface area contributed by atoms with Crippen molar-refractivity contribution in [2.45, 2.75) is 13.8 Å². The molecule has 0 radical (unpaired) electrons. The highest BCUT2D eigenvalue weighted by Crippen LogP contribution is 2.25. The van der Waals surface area contributed by atoms with Gasteiger partial charge in [0, 0.05) is 32.6 Å². The number of carboxylic acids is 1. The molecule has 1 aliphatic rings. The number of aliphatic carboxylic acids is 1. The van der Waals surface area contributed by atoms with Gasteiger partial charge in [0.05, 0.1) is 18.9 Å². The van der Waals surface area contributed by atoms with Gasteiger partial charge in [-0.15, -0.1) is 0 Å². The van der Waals surface area contributed by atoms with Crippen molar-refractivity contribution in [2.75, 3.05) is 33.8 Å². The number of ether oxygens (including phenoxy) is 1. The van der Waals surface area contributed by atoms with E-state index in [4.69, 9.17) is 5.11 Å². The van der Waals surface area contributed by atoms with Crippen molar-refractivity contribution in [1.29, 1.82) is 0 Å². The predicted octanol–water partition coefficient (Wildman–Crippen LogP) is 0.500. The van der Waals surface area contributed by atoms with E-state index in [0.717, 1.165) is 0 Å². The Morgan fingerprint density at radius 2 is 1.90 bits per heavy atom. The molecule has 1 aliphatic heterocycles. The van der Waals surface area contributed by atoms with E-state index in [-0.39, 0.29) is 30.4 Å². The van der Waals surface area contributed by atoms with Crippen molar-refractivity contribution >= 4 is 18.0 Å². The molecule has 2 amide bonds. The predicted molar refractivity (Wildman–Crippen MR) is 71.1 cm³/mol. The number of likely N-dealkylation sites (tertiary alicyclic amines) is 1. The lowest BCUT2D eigenvalue weighted by Gasteiger charge is -2.43. The zero-order valence-corrected chi connectivity index (χ0v) is 12.3. The number of urea groups is 1. The summed E-state index contributed by atoms with van der Waals surface area (Å²) in [6, 6.07) is -0.186. The lowest BCUT2D eigenvalue weighted by Crippen LogP contribution is -2.57. The molecule has 1 N–H and O–H groups in total. The Morgan fingerprint density at radius 1 is 1.35 bits per heavy atom. The largest absolute Gasteiger partial charge is 0.481 e. The molecule has 0 bridgehead atoms. The summed E-state index contributed by atoms with van der Waals surface area (Å²) in [6.07, 6.45) is 0. The summed E-state index contributed by atoms with van der Waals surface area (Å²) in [6.45, 7) is 4.52. The molecule has 0 aromatic carbocycles. The van der Waals surface area contributed by atoms with Crippen molar-refractivity contribution < 1.29 is 24.2 Å². The number of nitrogens with zero attached hydrogens (tertiary/aromatic N) is 2. The fraction of sp³-hybridized carbons (Fsp3) is 0.769. The molecule has 2 atom stereocenters. The van der Waals surface area contributed by atoms with E-state index in [0.29, 0.717) is 13.1 Å². The maximum atomic E-state index is 12.1. The first-order valence-electron chi connectivity index (χ1n) is 6.58. The molecular formula is C13H22N2O5. The van der Waals surface area contributed by atoms with Crippen molar-refractivity contribution in [2.24, 2.45) is 17.8 Å². The van der Waals surface area contributed by atoms with Gasteiger partial charge < -0.3 is 19.6 Å². The van der Waals surface area contributed by atoms with E-state index in [2.05, 4.69) is 4.74 Å². The number of esters is 1. The van der Waals surface area contributed by atoms with E-state index in [1.807, 2.05) is 0 Å². The van der Waals surface area contributed by atoms with Crippen LogP contribution >= 0.6 is 0 Å². The molecular weight excluding hydrogens is 264 g/mol. The Kier molecular flexibility index (Phi) is 5.35. The van der Waals surface area contributed by atoms with Crippen LogP contribution in [0.5, 0.6) is 0 Å². The molecule has 1 fully saturated rings. The SMILES string of the molecule is COC(=O)C(C)CN(C)C(=O)N1CC(C(C)C(=O)O)C1. The molecule has 114 valence electrons. The fourth-order valence-corrected chi connectivity index (χ4v) is 2.19. The first kappa shape index (κ1) is 16.3. The Balaban J connectivity index is 2.41. The number of rotatable bonds is 5. The van der Waals surface area contributed by atoms with Gasteiger partial charge >= 0.3 is 18.0 Å². The van der Waals surface area contributed by atoms with Crippen LogP contribution in [0.3, 0.4) is 0 Å². The van der Waals surface area contributed by atoms with Gasteiger partial charge in [-0.1, -0.05) is 13.8 Å². The third-order valence-electron chi connectivity index (χ3n) is 3.75. The molecule has 0 aromatic heterocycles. The van der Waals surface area contributed by atoms with Crippen LogP contribution in [0.25, 0.3) is 0 Å². The zero-order valence-electron chi connectivity index (χ0n) is 12.3. The topological polar surface area (TPSA) is 87.2 Å². The molecule has 0 aliphatic carbocycles. The Bertz CT molecular complexity index is 392. The monoisotopic (exact) mass is 286 g/mol. The number of hydrogen-bond acceptors (Lipinski definition) is 4. The van der Waals surface area contributed by atoms with E-state index in [9.17, 15) is 14.4 Å². The number of hydrogen-bond donors (Lipinski definition) is 1. The maximum Gasteiger partial charge on any atom is 0.319 e. The molecule has 0 spiro atoms. The van der Waals surface area contributed by atoms with E-state index >= 15 is 0 Å². The molecule has 7 heteroatoms. The first-order chi connectivity index (χ1) is 9.27. The van der Waals surface area contributed by atoms with Gasteiger partial charge in [0.1, 0.15) is 0 Å². The molecule has 2 unspecified atom stereocenters. The quantitative estimate of drug-likeness (QED) is 0.744. The molecule has 0 saturated carbocycles. The van der Waals surface area contributed by atoms with Crippen LogP contribution in [0.2, 0.25) is 0 Å². The fourth-order valence-electron chi connectivity index (χ4n) is 2.19. The van der Waals surface area contributed by atoms with E-state index < -0.39 is 11.9 Å². The Labute approximate surface area is 118 Å². The summed E-state index contributed by atoms with van der Waals surface area (Å²) in [4.78, 5) is 37.2. The van der Waals surface area contributed by atoms with Crippen molar-refractivity contribution in [3.8, 4) is 0 Å². The second-order valence-electron chi connectivity index (χ2n) is 5.38. The highest BCUT2D eigenvalue weighted by atomic mass is 16.5. The third kappa shape index (κ3) is 3.61. The minimum absolute atomic E-state index is 0.00267. The number of carbonyl (C=O) groups is 3. The van der Waals surface area contributed by atoms with Crippen LogP contribution in [-0.2, 0) is 14.3 Å². The molecule has 1 saturated heterocycles. The third-order valence-corrected chi connectivity index (χ3v) is 3.75. The second-order valence-corrected chi connectivity index (χ2v) is 5.38. The summed E-state index contributed by atoms with van der Waals surface area (Å²) in [5, 5.41) is 8.89. The highest BCUT2D eigenvalue weighted by molar-refractivity contribution is 5.77. The average molecular weight is 286 g/mol. The number of amides is 2. The maximum absolute atomic E-state index is 12.1. The molecule has 0 aromatic rings. The lowest BCUT2D eigenvalue weighted by atomic mass is 9.87. The van der Waals surface area contributed by atoms with Crippen LogP contribution in [0, 0.1) is 17.8 Å². The van der Waals surface area contributed by atoms with Crippen LogP contribution in [0.1, 0.15) is 13.8 Å². The van der Waals surface area contributed by atoms with Crippen LogP contribution in [0.4, 0.5) is 4.79 Å². The van der Waals surface area contributed by atoms with Gasteiger partial charge in [-0.2, -0.15) is 0 Å². The summed E-state index contributed by atoms with van der Waals surface area (Å²) in [5.41, 5.74) is 0.